The molecule has 3 heteroatoms. The molecule has 1 amide bonds. The normalized spacial score (nSPS) is 17.3. The Labute approximate surface area is 116 Å². The molecule has 19 heavy (non-hydrogen) atoms. The Morgan fingerprint density at radius 2 is 1.95 bits per heavy atom. The van der Waals surface area contributed by atoms with Crippen LogP contribution in [0.5, 0.6) is 0 Å². The van der Waals surface area contributed by atoms with Gasteiger partial charge in [-0.3, -0.25) is 4.79 Å². The number of carbonyl (C=O) groups excluding carboxylic acids is 1. The van der Waals surface area contributed by atoms with Crippen LogP contribution in [0.2, 0.25) is 0 Å². The fraction of sp³-hybridized carbons (Fsp3) is 0.562. The van der Waals surface area contributed by atoms with Crippen LogP contribution in [-0.4, -0.2) is 37.5 Å². The largest absolute Gasteiger partial charge is 0.359 e. The van der Waals surface area contributed by atoms with Gasteiger partial charge in [0.2, 0.25) is 5.91 Å². The average Bonchev–Trinajstić information content (AvgIpc) is 2.48. The maximum Gasteiger partial charge on any atom is 0.222 e. The number of carbonyl (C=O) groups is 1. The number of likely N-dealkylation sites (tertiary alicyclic amines) is 1. The van der Waals surface area contributed by atoms with Gasteiger partial charge in [-0.1, -0.05) is 30.3 Å². The molecule has 1 heterocycles. The fourth-order valence-electron chi connectivity index (χ4n) is 2.77. The summed E-state index contributed by atoms with van der Waals surface area (Å²) in [5.41, 5.74) is 1.42. The molecule has 1 N–H and O–H groups in total. The molecular formula is C16H24N2O. The predicted octanol–water partition coefficient (Wildman–Crippen LogP) is 2.08. The van der Waals surface area contributed by atoms with E-state index in [0.717, 1.165) is 38.9 Å². The Hall–Kier alpha value is -1.35. The van der Waals surface area contributed by atoms with Gasteiger partial charge in [0.15, 0.2) is 0 Å². The van der Waals surface area contributed by atoms with Crippen LogP contribution >= 0.6 is 0 Å². The van der Waals surface area contributed by atoms with E-state index in [4.69, 9.17) is 0 Å². The van der Waals surface area contributed by atoms with Crippen molar-refractivity contribution in [3.05, 3.63) is 35.9 Å². The highest BCUT2D eigenvalue weighted by Crippen LogP contribution is 2.17. The second-order valence-corrected chi connectivity index (χ2v) is 5.32. The third kappa shape index (κ3) is 4.35. The Kier molecular flexibility index (Phi) is 5.40. The molecule has 0 spiro atoms. The second kappa shape index (κ2) is 7.29. The fourth-order valence-corrected chi connectivity index (χ4v) is 2.77. The predicted molar refractivity (Wildman–Crippen MR) is 78.0 cm³/mol. The summed E-state index contributed by atoms with van der Waals surface area (Å²) in [4.78, 5) is 14.0. The number of benzene rings is 1. The van der Waals surface area contributed by atoms with Crippen molar-refractivity contribution in [1.82, 2.24) is 10.2 Å². The molecule has 3 nitrogen and oxygen atoms in total. The molecule has 1 aliphatic heterocycles. The summed E-state index contributed by atoms with van der Waals surface area (Å²) in [7, 11) is 1.73. The molecule has 2 rings (SSSR count). The van der Waals surface area contributed by atoms with Gasteiger partial charge in [-0.15, -0.1) is 0 Å². The quantitative estimate of drug-likeness (QED) is 0.879. The molecule has 0 aromatic heterocycles. The number of piperidine rings is 1. The van der Waals surface area contributed by atoms with Crippen LogP contribution in [0.1, 0.15) is 24.8 Å². The van der Waals surface area contributed by atoms with Crippen LogP contribution in [0.25, 0.3) is 0 Å². The molecule has 104 valence electrons. The molecule has 1 saturated heterocycles. The summed E-state index contributed by atoms with van der Waals surface area (Å²) in [5, 5.41) is 2.76. The lowest BCUT2D eigenvalue weighted by Gasteiger charge is -2.30. The van der Waals surface area contributed by atoms with E-state index in [0.29, 0.717) is 0 Å². The van der Waals surface area contributed by atoms with Crippen LogP contribution < -0.4 is 5.32 Å². The van der Waals surface area contributed by atoms with Crippen LogP contribution in [0.3, 0.4) is 0 Å². The van der Waals surface area contributed by atoms with E-state index >= 15 is 0 Å². The Morgan fingerprint density at radius 3 is 2.58 bits per heavy atom. The second-order valence-electron chi connectivity index (χ2n) is 5.32. The van der Waals surface area contributed by atoms with Crippen molar-refractivity contribution in [2.45, 2.75) is 25.7 Å². The van der Waals surface area contributed by atoms with Gasteiger partial charge in [-0.2, -0.15) is 0 Å². The number of rotatable bonds is 5. The molecule has 0 aliphatic carbocycles. The number of hydrogen-bond donors (Lipinski definition) is 1. The summed E-state index contributed by atoms with van der Waals surface area (Å²) in [6, 6.07) is 10.6. The Bertz CT molecular complexity index is 383. The van der Waals surface area contributed by atoms with Crippen molar-refractivity contribution in [3.8, 4) is 0 Å². The monoisotopic (exact) mass is 260 g/mol. The lowest BCUT2D eigenvalue weighted by molar-refractivity contribution is -0.125. The smallest absolute Gasteiger partial charge is 0.222 e. The Balaban J connectivity index is 1.65. The average molecular weight is 260 g/mol. The third-order valence-electron chi connectivity index (χ3n) is 3.99. The van der Waals surface area contributed by atoms with Gasteiger partial charge in [0, 0.05) is 13.0 Å². The SMILES string of the molecule is CNC(=O)C1CCN(CCCc2ccccc2)CC1. The number of hydrogen-bond acceptors (Lipinski definition) is 2. The zero-order valence-corrected chi connectivity index (χ0v) is 11.8. The van der Waals surface area contributed by atoms with Gasteiger partial charge in [0.1, 0.15) is 0 Å². The molecule has 0 bridgehead atoms. The van der Waals surface area contributed by atoms with Gasteiger partial charge in [-0.05, 0) is 50.9 Å². The number of aryl methyl sites for hydroxylation is 1. The van der Waals surface area contributed by atoms with Crippen LogP contribution in [0.15, 0.2) is 30.3 Å². The number of amides is 1. The highest BCUT2D eigenvalue weighted by Gasteiger charge is 2.23. The van der Waals surface area contributed by atoms with Gasteiger partial charge in [0.05, 0.1) is 0 Å². The maximum atomic E-state index is 11.5. The van der Waals surface area contributed by atoms with Crippen LogP contribution in [0.4, 0.5) is 0 Å². The molecule has 1 aliphatic rings. The van der Waals surface area contributed by atoms with Crippen molar-refractivity contribution >= 4 is 5.91 Å². The summed E-state index contributed by atoms with van der Waals surface area (Å²) in [6.45, 7) is 3.27. The van der Waals surface area contributed by atoms with E-state index in [2.05, 4.69) is 40.5 Å². The first-order valence-corrected chi connectivity index (χ1v) is 7.27. The summed E-state index contributed by atoms with van der Waals surface area (Å²) in [6.07, 6.45) is 4.36. The third-order valence-corrected chi connectivity index (χ3v) is 3.99. The van der Waals surface area contributed by atoms with Crippen LogP contribution in [-0.2, 0) is 11.2 Å². The summed E-state index contributed by atoms with van der Waals surface area (Å²) in [5.74, 6) is 0.444. The van der Waals surface area contributed by atoms with Crippen molar-refractivity contribution in [2.75, 3.05) is 26.7 Å². The molecule has 1 aromatic rings. The van der Waals surface area contributed by atoms with E-state index in [1.807, 2.05) is 0 Å². The summed E-state index contributed by atoms with van der Waals surface area (Å²) >= 11 is 0. The van der Waals surface area contributed by atoms with E-state index in [9.17, 15) is 4.79 Å². The molecule has 0 unspecified atom stereocenters. The highest BCUT2D eigenvalue weighted by molar-refractivity contribution is 5.78. The van der Waals surface area contributed by atoms with Gasteiger partial charge >= 0.3 is 0 Å². The topological polar surface area (TPSA) is 32.3 Å². The molecule has 0 radical (unpaired) electrons. The first-order valence-electron chi connectivity index (χ1n) is 7.27. The van der Waals surface area contributed by atoms with E-state index in [1.54, 1.807) is 7.05 Å². The molecular weight excluding hydrogens is 236 g/mol. The molecule has 0 atom stereocenters. The number of nitrogens with one attached hydrogen (secondary N) is 1. The lowest BCUT2D eigenvalue weighted by atomic mass is 9.96. The minimum absolute atomic E-state index is 0.212. The zero-order chi connectivity index (χ0) is 13.5. The first-order chi connectivity index (χ1) is 9.29. The number of nitrogens with zero attached hydrogens (tertiary/aromatic N) is 1. The van der Waals surface area contributed by atoms with Gasteiger partial charge in [-0.25, -0.2) is 0 Å². The lowest BCUT2D eigenvalue weighted by Crippen LogP contribution is -2.39. The van der Waals surface area contributed by atoms with E-state index < -0.39 is 0 Å². The van der Waals surface area contributed by atoms with E-state index in [-0.39, 0.29) is 11.8 Å². The Morgan fingerprint density at radius 1 is 1.26 bits per heavy atom. The molecule has 0 saturated carbocycles. The summed E-state index contributed by atoms with van der Waals surface area (Å²) < 4.78 is 0. The van der Waals surface area contributed by atoms with Crippen molar-refractivity contribution in [2.24, 2.45) is 5.92 Å². The molecule has 1 aromatic carbocycles. The first kappa shape index (κ1) is 14.1. The van der Waals surface area contributed by atoms with Crippen molar-refractivity contribution in [1.29, 1.82) is 0 Å². The maximum absolute atomic E-state index is 11.5. The minimum atomic E-state index is 0.212. The molecule has 1 fully saturated rings. The minimum Gasteiger partial charge on any atom is -0.359 e. The van der Waals surface area contributed by atoms with Gasteiger partial charge < -0.3 is 10.2 Å². The highest BCUT2D eigenvalue weighted by atomic mass is 16.1. The standard InChI is InChI=1S/C16H24N2O/c1-17-16(19)15-9-12-18(13-10-15)11-5-8-14-6-3-2-4-7-14/h2-4,6-7,15H,5,8-13H2,1H3,(H,17,19). The van der Waals surface area contributed by atoms with Crippen molar-refractivity contribution in [3.63, 3.8) is 0 Å². The van der Waals surface area contributed by atoms with Crippen molar-refractivity contribution < 1.29 is 4.79 Å². The van der Waals surface area contributed by atoms with Crippen LogP contribution in [0, 0.1) is 5.92 Å². The van der Waals surface area contributed by atoms with Gasteiger partial charge in [0.25, 0.3) is 0 Å². The zero-order valence-electron chi connectivity index (χ0n) is 11.8. The van der Waals surface area contributed by atoms with E-state index in [1.165, 1.54) is 12.0 Å².